The summed E-state index contributed by atoms with van der Waals surface area (Å²) >= 11 is 1.42. The lowest BCUT2D eigenvalue weighted by Crippen LogP contribution is -2.56. The van der Waals surface area contributed by atoms with Crippen LogP contribution in [0.3, 0.4) is 0 Å². The number of rotatable bonds is 11. The average molecular weight is 696 g/mol. The predicted octanol–water partition coefficient (Wildman–Crippen LogP) is 7.22. The fourth-order valence-corrected chi connectivity index (χ4v) is 6.58. The summed E-state index contributed by atoms with van der Waals surface area (Å²) in [6.45, 7) is 3.35. The molecule has 11 heteroatoms. The van der Waals surface area contributed by atoms with Crippen LogP contribution in [-0.4, -0.2) is 68.7 Å². The Labute approximate surface area is 293 Å². The predicted molar refractivity (Wildman–Crippen MR) is 189 cm³/mol. The molecule has 5 aromatic rings. The number of halogens is 3. The van der Waals surface area contributed by atoms with E-state index >= 15 is 0 Å². The maximum Gasteiger partial charge on any atom is 0.416 e. The minimum Gasteiger partial charge on any atom is -0.338 e. The van der Waals surface area contributed by atoms with Gasteiger partial charge in [0.1, 0.15) is 6.04 Å². The molecule has 2 amide bonds. The minimum absolute atomic E-state index is 0.133. The number of amides is 2. The Morgan fingerprint density at radius 2 is 1.54 bits per heavy atom. The van der Waals surface area contributed by atoms with Gasteiger partial charge in [-0.05, 0) is 47.0 Å². The molecule has 0 radical (unpaired) electrons. The van der Waals surface area contributed by atoms with Crippen LogP contribution in [0.25, 0.3) is 17.3 Å². The molecule has 0 saturated carbocycles. The van der Waals surface area contributed by atoms with Crippen LogP contribution in [0.4, 0.5) is 13.2 Å². The van der Waals surface area contributed by atoms with Crippen LogP contribution in [0.1, 0.15) is 27.3 Å². The van der Waals surface area contributed by atoms with E-state index in [-0.39, 0.29) is 18.9 Å². The normalized spacial score (nSPS) is 14.5. The molecule has 0 aliphatic carbocycles. The van der Waals surface area contributed by atoms with Crippen molar-refractivity contribution in [1.82, 2.24) is 24.7 Å². The lowest BCUT2D eigenvalue weighted by Gasteiger charge is -2.39. The Balaban J connectivity index is 1.26. The number of nitrogens with zero attached hydrogens (tertiary/aromatic N) is 5. The third-order valence-electron chi connectivity index (χ3n) is 8.65. The molecule has 6 rings (SSSR count). The van der Waals surface area contributed by atoms with Gasteiger partial charge >= 0.3 is 6.18 Å². The zero-order valence-electron chi connectivity index (χ0n) is 27.2. The summed E-state index contributed by atoms with van der Waals surface area (Å²) < 4.78 is 39.4. The van der Waals surface area contributed by atoms with E-state index in [1.54, 1.807) is 17.3 Å². The van der Waals surface area contributed by atoms with Crippen molar-refractivity contribution in [3.8, 4) is 11.3 Å². The number of benzene rings is 3. The molecule has 7 nitrogen and oxygen atoms in total. The molecular formula is C39H36F3N5O2S. The first-order valence-corrected chi connectivity index (χ1v) is 17.2. The van der Waals surface area contributed by atoms with Crippen molar-refractivity contribution in [2.45, 2.75) is 31.7 Å². The standard InChI is InChI=1S/C39H36F3N5O2S/c40-39(41,42)33-16-11-29(12-17-33)13-18-37(48)47(28-31-9-14-32(15-10-31)34-8-4-5-19-43-34)35(26-36-44-20-25-50-36)38(49)46-23-21-45(22-24-46)27-30-6-2-1-3-7-30/h1-20,25,35H,21-24,26-28H2/b18-13-. The first kappa shape index (κ1) is 34.7. The van der Waals surface area contributed by atoms with Crippen molar-refractivity contribution in [2.75, 3.05) is 26.2 Å². The van der Waals surface area contributed by atoms with Crippen LogP contribution in [-0.2, 0) is 35.3 Å². The van der Waals surface area contributed by atoms with Gasteiger partial charge in [-0.2, -0.15) is 13.2 Å². The van der Waals surface area contributed by atoms with Gasteiger partial charge in [-0.1, -0.05) is 72.8 Å². The molecule has 3 heterocycles. The number of hydrogen-bond donors (Lipinski definition) is 0. The van der Waals surface area contributed by atoms with E-state index in [2.05, 4.69) is 27.0 Å². The number of alkyl halides is 3. The maximum atomic E-state index is 14.4. The molecule has 256 valence electrons. The Morgan fingerprint density at radius 1 is 0.820 bits per heavy atom. The molecular weight excluding hydrogens is 660 g/mol. The summed E-state index contributed by atoms with van der Waals surface area (Å²) in [7, 11) is 0. The molecule has 1 aliphatic rings. The van der Waals surface area contributed by atoms with Gasteiger partial charge in [-0.3, -0.25) is 19.5 Å². The quantitative estimate of drug-likeness (QED) is 0.137. The largest absolute Gasteiger partial charge is 0.416 e. The molecule has 1 aliphatic heterocycles. The van der Waals surface area contributed by atoms with E-state index in [9.17, 15) is 22.8 Å². The van der Waals surface area contributed by atoms with Crippen LogP contribution in [0, 0.1) is 0 Å². The van der Waals surface area contributed by atoms with Crippen molar-refractivity contribution in [3.05, 3.63) is 148 Å². The zero-order valence-corrected chi connectivity index (χ0v) is 28.1. The Kier molecular flexibility index (Phi) is 11.1. The fraction of sp³-hybridized carbons (Fsp3) is 0.231. The monoisotopic (exact) mass is 695 g/mol. The topological polar surface area (TPSA) is 69.6 Å². The van der Waals surface area contributed by atoms with Crippen LogP contribution in [0.2, 0.25) is 0 Å². The highest BCUT2D eigenvalue weighted by molar-refractivity contribution is 7.09. The van der Waals surface area contributed by atoms with E-state index < -0.39 is 23.7 Å². The average Bonchev–Trinajstić information content (AvgIpc) is 3.66. The smallest absolute Gasteiger partial charge is 0.338 e. The SMILES string of the molecule is O=C(C(Cc1nccs1)N(Cc1ccc(-c2ccccn2)cc1)C(=O)/C=C\c1ccc(C(F)(F)F)cc1)N1CCN(Cc2ccccc2)CC1. The molecule has 1 atom stereocenters. The van der Waals surface area contributed by atoms with E-state index in [0.29, 0.717) is 31.7 Å². The second kappa shape index (κ2) is 16.1. The van der Waals surface area contributed by atoms with Gasteiger partial charge in [0.05, 0.1) is 16.3 Å². The Morgan fingerprint density at radius 3 is 2.18 bits per heavy atom. The zero-order chi connectivity index (χ0) is 34.9. The number of carbonyl (C=O) groups excluding carboxylic acids is 2. The maximum absolute atomic E-state index is 14.4. The van der Waals surface area contributed by atoms with Gasteiger partial charge in [0, 0.05) is 75.1 Å². The molecule has 0 spiro atoms. The number of aromatic nitrogens is 2. The Bertz CT molecular complexity index is 1860. The summed E-state index contributed by atoms with van der Waals surface area (Å²) in [5.41, 5.74) is 3.41. The molecule has 1 unspecified atom stereocenters. The van der Waals surface area contributed by atoms with Gasteiger partial charge < -0.3 is 9.80 Å². The number of pyridine rings is 1. The number of thiazole rings is 1. The van der Waals surface area contributed by atoms with Crippen molar-refractivity contribution in [2.24, 2.45) is 0 Å². The van der Waals surface area contributed by atoms with Gasteiger partial charge in [0.15, 0.2) is 0 Å². The third kappa shape index (κ3) is 9.10. The molecule has 50 heavy (non-hydrogen) atoms. The van der Waals surface area contributed by atoms with Crippen molar-refractivity contribution < 1.29 is 22.8 Å². The van der Waals surface area contributed by atoms with Crippen LogP contribution >= 0.6 is 11.3 Å². The van der Waals surface area contributed by atoms with Gasteiger partial charge in [-0.15, -0.1) is 11.3 Å². The molecule has 1 saturated heterocycles. The van der Waals surface area contributed by atoms with Gasteiger partial charge in [0.2, 0.25) is 11.8 Å². The van der Waals surface area contributed by atoms with Gasteiger partial charge in [-0.25, -0.2) is 4.98 Å². The van der Waals surface area contributed by atoms with E-state index in [4.69, 9.17) is 0 Å². The summed E-state index contributed by atoms with van der Waals surface area (Å²) in [4.78, 5) is 43.1. The number of piperazine rings is 1. The molecule has 2 aromatic heterocycles. The second-order valence-corrected chi connectivity index (χ2v) is 13.0. The van der Waals surface area contributed by atoms with Crippen molar-refractivity contribution in [1.29, 1.82) is 0 Å². The van der Waals surface area contributed by atoms with Crippen molar-refractivity contribution in [3.63, 3.8) is 0 Å². The molecule has 0 bridgehead atoms. The number of carbonyl (C=O) groups is 2. The second-order valence-electron chi connectivity index (χ2n) is 12.1. The first-order valence-electron chi connectivity index (χ1n) is 16.3. The first-order chi connectivity index (χ1) is 24.2. The summed E-state index contributed by atoms with van der Waals surface area (Å²) in [5, 5.41) is 2.56. The van der Waals surface area contributed by atoms with Gasteiger partial charge in [0.25, 0.3) is 0 Å². The number of hydrogen-bond acceptors (Lipinski definition) is 6. The highest BCUT2D eigenvalue weighted by Crippen LogP contribution is 2.29. The van der Waals surface area contributed by atoms with Crippen LogP contribution in [0.15, 0.2) is 121 Å². The lowest BCUT2D eigenvalue weighted by atomic mass is 10.0. The van der Waals surface area contributed by atoms with Crippen LogP contribution < -0.4 is 0 Å². The van der Waals surface area contributed by atoms with E-state index in [1.807, 2.05) is 70.9 Å². The summed E-state index contributed by atoms with van der Waals surface area (Å²) in [6, 6.07) is 27.3. The van der Waals surface area contributed by atoms with Crippen molar-refractivity contribution >= 4 is 29.2 Å². The van der Waals surface area contributed by atoms with E-state index in [1.165, 1.54) is 41.2 Å². The molecule has 1 fully saturated rings. The van der Waals surface area contributed by atoms with E-state index in [0.717, 1.165) is 40.5 Å². The Hall–Kier alpha value is -5.13. The third-order valence-corrected chi connectivity index (χ3v) is 9.45. The highest BCUT2D eigenvalue weighted by atomic mass is 32.1. The lowest BCUT2D eigenvalue weighted by molar-refractivity contribution is -0.145. The summed E-state index contributed by atoms with van der Waals surface area (Å²) in [5.74, 6) is -0.600. The molecule has 3 aromatic carbocycles. The minimum atomic E-state index is -4.46. The highest BCUT2D eigenvalue weighted by Gasteiger charge is 2.35. The fourth-order valence-electron chi connectivity index (χ4n) is 5.93. The van der Waals surface area contributed by atoms with Crippen LogP contribution in [0.5, 0.6) is 0 Å². The summed E-state index contributed by atoms with van der Waals surface area (Å²) in [6.07, 6.45) is 1.97. The molecule has 0 N–H and O–H groups in total.